The van der Waals surface area contributed by atoms with Gasteiger partial charge in [-0.15, -0.1) is 0 Å². The van der Waals surface area contributed by atoms with Crippen LogP contribution in [0.3, 0.4) is 0 Å². The van der Waals surface area contributed by atoms with E-state index in [0.717, 1.165) is 18.6 Å². The summed E-state index contributed by atoms with van der Waals surface area (Å²) in [6, 6.07) is 6.18. The van der Waals surface area contributed by atoms with Crippen LogP contribution in [0.5, 0.6) is 5.75 Å². The molecule has 0 aliphatic rings. The van der Waals surface area contributed by atoms with E-state index in [-0.39, 0.29) is 48.3 Å². The van der Waals surface area contributed by atoms with E-state index in [2.05, 4.69) is 26.0 Å². The van der Waals surface area contributed by atoms with E-state index >= 15 is 0 Å². The summed E-state index contributed by atoms with van der Waals surface area (Å²) in [4.78, 5) is 0. The Morgan fingerprint density at radius 1 is 0.920 bits per heavy atom. The van der Waals surface area contributed by atoms with Crippen LogP contribution < -0.4 is 34.3 Å². The van der Waals surface area contributed by atoms with E-state index in [9.17, 15) is 13.0 Å². The maximum atomic E-state index is 10.6. The molecule has 0 radical (unpaired) electrons. The summed E-state index contributed by atoms with van der Waals surface area (Å²) in [6.45, 7) is 4.66. The largest absolute Gasteiger partial charge is 1.00 e. The summed E-state index contributed by atoms with van der Waals surface area (Å²) >= 11 is 0. The summed E-state index contributed by atoms with van der Waals surface area (Å²) in [5.41, 5.74) is 2.74. The summed E-state index contributed by atoms with van der Waals surface area (Å²) in [5, 5.41) is 0. The summed E-state index contributed by atoms with van der Waals surface area (Å²) < 4.78 is 37.4. The molecule has 0 atom stereocenters. The van der Waals surface area contributed by atoms with Gasteiger partial charge in [-0.1, -0.05) is 45.6 Å². The third-order valence-corrected chi connectivity index (χ3v) is 4.87. The van der Waals surface area contributed by atoms with Crippen LogP contribution in [-0.4, -0.2) is 25.3 Å². The number of hydrogen-bond donors (Lipinski definition) is 0. The van der Waals surface area contributed by atoms with Gasteiger partial charge in [0.15, 0.2) is 0 Å². The Morgan fingerprint density at radius 3 is 2.08 bits per heavy atom. The van der Waals surface area contributed by atoms with Gasteiger partial charge in [0.1, 0.15) is 5.75 Å². The predicted octanol–water partition coefficient (Wildman–Crippen LogP) is 1.47. The van der Waals surface area contributed by atoms with E-state index in [4.69, 9.17) is 4.74 Å². The van der Waals surface area contributed by atoms with Gasteiger partial charge in [0.2, 0.25) is 0 Å². The maximum absolute atomic E-state index is 10.6. The van der Waals surface area contributed by atoms with Crippen LogP contribution in [-0.2, 0) is 23.0 Å². The number of ether oxygens (including phenoxy) is 1. The summed E-state index contributed by atoms with van der Waals surface area (Å²) in [5.74, 6) is 0.398. The van der Waals surface area contributed by atoms with Gasteiger partial charge in [0.05, 0.1) is 16.7 Å². The smallest absolute Gasteiger partial charge is 0.748 e. The topological polar surface area (TPSA) is 66.4 Å². The molecule has 1 aromatic carbocycles. The van der Waals surface area contributed by atoms with E-state index in [0.29, 0.717) is 0 Å². The minimum atomic E-state index is -4.15. The van der Waals surface area contributed by atoms with Crippen molar-refractivity contribution in [3.05, 3.63) is 29.3 Å². The van der Waals surface area contributed by atoms with Gasteiger partial charge in [0, 0.05) is 5.75 Å². The molecule has 25 heavy (non-hydrogen) atoms. The zero-order chi connectivity index (χ0) is 17.8. The van der Waals surface area contributed by atoms with Crippen molar-refractivity contribution in [3.63, 3.8) is 0 Å². The minimum Gasteiger partial charge on any atom is -0.748 e. The molecule has 0 aromatic heterocycles. The van der Waals surface area contributed by atoms with Crippen LogP contribution in [0, 0.1) is 0 Å². The molecule has 0 heterocycles. The molecule has 6 heteroatoms. The molecule has 1 rings (SSSR count). The molecule has 0 aliphatic carbocycles. The van der Waals surface area contributed by atoms with Gasteiger partial charge < -0.3 is 9.29 Å². The van der Waals surface area contributed by atoms with E-state index < -0.39 is 10.1 Å². The molecule has 0 N–H and O–H groups in total. The van der Waals surface area contributed by atoms with Gasteiger partial charge in [0.25, 0.3) is 0 Å². The molecule has 0 bridgehead atoms. The zero-order valence-corrected chi connectivity index (χ0v) is 18.9. The fraction of sp³-hybridized carbons (Fsp3) is 0.684. The first kappa shape index (κ1) is 24.9. The Balaban J connectivity index is 0.00000576. The molecule has 4 nitrogen and oxygen atoms in total. The molecule has 0 saturated heterocycles. The van der Waals surface area contributed by atoms with Crippen molar-refractivity contribution in [2.45, 2.75) is 71.6 Å². The minimum absolute atomic E-state index is 0. The molecular weight excluding hydrogens is 347 g/mol. The third kappa shape index (κ3) is 12.0. The molecular formula is C19H31NaO4S. The molecule has 0 saturated carbocycles. The first-order chi connectivity index (χ1) is 11.5. The van der Waals surface area contributed by atoms with Crippen molar-refractivity contribution in [3.8, 4) is 5.75 Å². The second-order valence-electron chi connectivity index (χ2n) is 6.31. The SMILES string of the molecule is CCCCCc1ccc(OCCCS(=O)(=O)[O-])cc1CCCCC.[Na+]. The second-order valence-corrected chi connectivity index (χ2v) is 7.83. The normalized spacial score (nSPS) is 11.2. The average Bonchev–Trinajstić information content (AvgIpc) is 2.53. The molecule has 0 fully saturated rings. The Kier molecular flexibility index (Phi) is 14.0. The molecule has 0 amide bonds. The van der Waals surface area contributed by atoms with Crippen LogP contribution in [0.1, 0.15) is 69.9 Å². The van der Waals surface area contributed by atoms with E-state index in [1.165, 1.54) is 49.7 Å². The van der Waals surface area contributed by atoms with Crippen LogP contribution in [0.2, 0.25) is 0 Å². The number of benzene rings is 1. The maximum Gasteiger partial charge on any atom is 1.00 e. The van der Waals surface area contributed by atoms with Crippen molar-refractivity contribution in [1.82, 2.24) is 0 Å². The Morgan fingerprint density at radius 2 is 1.52 bits per heavy atom. The van der Waals surface area contributed by atoms with E-state index in [1.807, 2.05) is 6.07 Å². The van der Waals surface area contributed by atoms with E-state index in [1.54, 1.807) is 0 Å². The van der Waals surface area contributed by atoms with Crippen molar-refractivity contribution >= 4 is 10.1 Å². The van der Waals surface area contributed by atoms with Crippen molar-refractivity contribution in [2.24, 2.45) is 0 Å². The first-order valence-electron chi connectivity index (χ1n) is 9.14. The van der Waals surface area contributed by atoms with Gasteiger partial charge in [-0.2, -0.15) is 0 Å². The van der Waals surface area contributed by atoms with Gasteiger partial charge >= 0.3 is 29.6 Å². The number of unbranched alkanes of at least 4 members (excludes halogenated alkanes) is 4. The number of rotatable bonds is 13. The third-order valence-electron chi connectivity index (χ3n) is 4.08. The van der Waals surface area contributed by atoms with Crippen molar-refractivity contribution in [2.75, 3.05) is 12.4 Å². The molecule has 0 aliphatic heterocycles. The Bertz CT molecular complexity index is 573. The summed E-state index contributed by atoms with van der Waals surface area (Å²) in [7, 11) is -4.15. The fourth-order valence-corrected chi connectivity index (χ4v) is 3.20. The van der Waals surface area contributed by atoms with Gasteiger partial charge in [-0.05, 0) is 55.4 Å². The van der Waals surface area contributed by atoms with Crippen LogP contribution in [0.25, 0.3) is 0 Å². The Labute approximate surface area is 175 Å². The number of aryl methyl sites for hydroxylation is 2. The van der Waals surface area contributed by atoms with Crippen LogP contribution in [0.15, 0.2) is 18.2 Å². The number of hydrogen-bond acceptors (Lipinski definition) is 4. The molecule has 138 valence electrons. The van der Waals surface area contributed by atoms with Gasteiger partial charge in [-0.3, -0.25) is 0 Å². The molecule has 1 aromatic rings. The molecule has 0 unspecified atom stereocenters. The quantitative estimate of drug-likeness (QED) is 0.296. The first-order valence-corrected chi connectivity index (χ1v) is 10.7. The summed E-state index contributed by atoms with van der Waals surface area (Å²) in [6.07, 6.45) is 9.66. The second kappa shape index (κ2) is 14.0. The monoisotopic (exact) mass is 378 g/mol. The zero-order valence-electron chi connectivity index (χ0n) is 16.1. The van der Waals surface area contributed by atoms with Crippen molar-refractivity contribution in [1.29, 1.82) is 0 Å². The van der Waals surface area contributed by atoms with Crippen LogP contribution in [0.4, 0.5) is 0 Å². The predicted molar refractivity (Wildman–Crippen MR) is 97.6 cm³/mol. The Hall–Kier alpha value is -0.0700. The van der Waals surface area contributed by atoms with Gasteiger partial charge in [-0.25, -0.2) is 8.42 Å². The standard InChI is InChI=1S/C19H32O4S.Na/c1-3-5-7-10-17-12-13-19(16-18(17)11-8-6-4-2)23-14-9-15-24(20,21)22;/h12-13,16H,3-11,14-15H2,1-2H3,(H,20,21,22);/q;+1/p-1. The van der Waals surface area contributed by atoms with Crippen molar-refractivity contribution < 1.29 is 47.3 Å². The van der Waals surface area contributed by atoms with Crippen LogP contribution >= 0.6 is 0 Å². The average molecular weight is 379 g/mol. The fourth-order valence-electron chi connectivity index (χ4n) is 2.73. The molecule has 0 spiro atoms.